The molecule has 2 aliphatic heterocycles. The normalized spacial score (nSPS) is 28.3. The zero-order valence-corrected chi connectivity index (χ0v) is 17.2. The van der Waals surface area contributed by atoms with E-state index in [0.717, 1.165) is 37.5 Å². The van der Waals surface area contributed by atoms with Crippen LogP contribution >= 0.6 is 0 Å². The third-order valence-corrected chi connectivity index (χ3v) is 6.53. The van der Waals surface area contributed by atoms with Crippen molar-refractivity contribution in [2.75, 3.05) is 60.2 Å². The van der Waals surface area contributed by atoms with Gasteiger partial charge in [0.25, 0.3) is 0 Å². The SMILES string of the molecule is COCCC(CCN1CCC(C)CC1)C1C[C@H](C)CCN1CCOC. The summed E-state index contributed by atoms with van der Waals surface area (Å²) in [6, 6.07) is 0.706. The second-order valence-corrected chi connectivity index (χ2v) is 8.58. The quantitative estimate of drug-likeness (QED) is 0.599. The highest BCUT2D eigenvalue weighted by molar-refractivity contribution is 4.86. The van der Waals surface area contributed by atoms with E-state index in [2.05, 4.69) is 23.6 Å². The van der Waals surface area contributed by atoms with E-state index in [1.54, 1.807) is 0 Å². The molecule has 0 aromatic rings. The number of ether oxygens (including phenoxy) is 2. The first-order valence-electron chi connectivity index (χ1n) is 10.6. The van der Waals surface area contributed by atoms with Crippen LogP contribution in [0.1, 0.15) is 52.4 Å². The average Bonchev–Trinajstić information content (AvgIpc) is 2.62. The fourth-order valence-electron chi connectivity index (χ4n) is 4.64. The van der Waals surface area contributed by atoms with Crippen molar-refractivity contribution in [3.8, 4) is 0 Å². The number of hydrogen-bond acceptors (Lipinski definition) is 4. The lowest BCUT2D eigenvalue weighted by atomic mass is 9.81. The van der Waals surface area contributed by atoms with Crippen LogP contribution in [-0.4, -0.2) is 76.0 Å². The van der Waals surface area contributed by atoms with E-state index in [1.165, 1.54) is 64.7 Å². The fourth-order valence-corrected chi connectivity index (χ4v) is 4.64. The zero-order chi connectivity index (χ0) is 18.1. The Labute approximate surface area is 156 Å². The van der Waals surface area contributed by atoms with Crippen LogP contribution < -0.4 is 0 Å². The van der Waals surface area contributed by atoms with Gasteiger partial charge in [-0.2, -0.15) is 0 Å². The molecule has 2 unspecified atom stereocenters. The summed E-state index contributed by atoms with van der Waals surface area (Å²) < 4.78 is 10.8. The predicted octanol–water partition coefficient (Wildman–Crippen LogP) is 3.51. The third kappa shape index (κ3) is 7.16. The van der Waals surface area contributed by atoms with Crippen LogP contribution in [0.3, 0.4) is 0 Å². The van der Waals surface area contributed by atoms with Crippen LogP contribution in [0.25, 0.3) is 0 Å². The first kappa shape index (κ1) is 21.1. The lowest BCUT2D eigenvalue weighted by molar-refractivity contribution is 0.0313. The van der Waals surface area contributed by atoms with Gasteiger partial charge in [-0.15, -0.1) is 0 Å². The number of piperidine rings is 2. The molecule has 0 radical (unpaired) electrons. The molecule has 2 heterocycles. The number of methoxy groups -OCH3 is 2. The Balaban J connectivity index is 1.92. The maximum absolute atomic E-state index is 5.46. The van der Waals surface area contributed by atoms with Gasteiger partial charge in [0.05, 0.1) is 6.61 Å². The van der Waals surface area contributed by atoms with Gasteiger partial charge in [-0.05, 0) is 82.5 Å². The van der Waals surface area contributed by atoms with Crippen molar-refractivity contribution < 1.29 is 9.47 Å². The molecule has 4 nitrogen and oxygen atoms in total. The maximum Gasteiger partial charge on any atom is 0.0589 e. The molecule has 0 amide bonds. The van der Waals surface area contributed by atoms with Crippen molar-refractivity contribution in [2.45, 2.75) is 58.4 Å². The van der Waals surface area contributed by atoms with Crippen molar-refractivity contribution in [3.05, 3.63) is 0 Å². The van der Waals surface area contributed by atoms with Crippen LogP contribution in [0, 0.1) is 17.8 Å². The molecule has 148 valence electrons. The van der Waals surface area contributed by atoms with Crippen LogP contribution in [-0.2, 0) is 9.47 Å². The van der Waals surface area contributed by atoms with Crippen molar-refractivity contribution >= 4 is 0 Å². The molecule has 2 saturated heterocycles. The van der Waals surface area contributed by atoms with Crippen LogP contribution in [0.15, 0.2) is 0 Å². The fraction of sp³-hybridized carbons (Fsp3) is 1.00. The molecule has 4 heteroatoms. The van der Waals surface area contributed by atoms with E-state index in [-0.39, 0.29) is 0 Å². The van der Waals surface area contributed by atoms with Gasteiger partial charge in [-0.25, -0.2) is 0 Å². The lowest BCUT2D eigenvalue weighted by Gasteiger charge is -2.43. The van der Waals surface area contributed by atoms with E-state index < -0.39 is 0 Å². The summed E-state index contributed by atoms with van der Waals surface area (Å²) in [6.07, 6.45) is 7.95. The number of likely N-dealkylation sites (tertiary alicyclic amines) is 2. The smallest absolute Gasteiger partial charge is 0.0589 e. The van der Waals surface area contributed by atoms with Crippen molar-refractivity contribution in [2.24, 2.45) is 17.8 Å². The molecule has 0 aromatic heterocycles. The predicted molar refractivity (Wildman–Crippen MR) is 105 cm³/mol. The van der Waals surface area contributed by atoms with Gasteiger partial charge in [0, 0.05) is 33.4 Å². The maximum atomic E-state index is 5.46. The van der Waals surface area contributed by atoms with Gasteiger partial charge in [0.1, 0.15) is 0 Å². The van der Waals surface area contributed by atoms with E-state index in [0.29, 0.717) is 6.04 Å². The largest absolute Gasteiger partial charge is 0.385 e. The molecule has 2 aliphatic rings. The molecule has 3 atom stereocenters. The lowest BCUT2D eigenvalue weighted by Crippen LogP contribution is -2.48. The molecular weight excluding hydrogens is 312 g/mol. The molecule has 2 rings (SSSR count). The van der Waals surface area contributed by atoms with Crippen molar-refractivity contribution in [1.82, 2.24) is 9.80 Å². The van der Waals surface area contributed by atoms with Crippen LogP contribution in [0.4, 0.5) is 0 Å². The highest BCUT2D eigenvalue weighted by Crippen LogP contribution is 2.31. The minimum Gasteiger partial charge on any atom is -0.385 e. The molecule has 0 saturated carbocycles. The summed E-state index contributed by atoms with van der Waals surface area (Å²) in [5.74, 6) is 2.52. The van der Waals surface area contributed by atoms with E-state index in [4.69, 9.17) is 9.47 Å². The highest BCUT2D eigenvalue weighted by atomic mass is 16.5. The monoisotopic (exact) mass is 354 g/mol. The summed E-state index contributed by atoms with van der Waals surface area (Å²) in [7, 11) is 3.66. The second kappa shape index (κ2) is 11.5. The number of hydrogen-bond donors (Lipinski definition) is 0. The molecule has 0 spiro atoms. The molecular formula is C21H42N2O2. The first-order valence-corrected chi connectivity index (χ1v) is 10.6. The van der Waals surface area contributed by atoms with Crippen LogP contribution in [0.2, 0.25) is 0 Å². The van der Waals surface area contributed by atoms with Gasteiger partial charge >= 0.3 is 0 Å². The Bertz CT molecular complexity index is 343. The summed E-state index contributed by atoms with van der Waals surface area (Å²) in [5, 5.41) is 0. The molecule has 25 heavy (non-hydrogen) atoms. The summed E-state index contributed by atoms with van der Waals surface area (Å²) in [4.78, 5) is 5.41. The molecule has 0 N–H and O–H groups in total. The van der Waals surface area contributed by atoms with Crippen molar-refractivity contribution in [3.63, 3.8) is 0 Å². The Morgan fingerprint density at radius 1 is 0.840 bits per heavy atom. The van der Waals surface area contributed by atoms with E-state index in [1.807, 2.05) is 14.2 Å². The van der Waals surface area contributed by atoms with E-state index >= 15 is 0 Å². The van der Waals surface area contributed by atoms with Gasteiger partial charge in [-0.3, -0.25) is 4.90 Å². The number of rotatable bonds is 10. The minimum atomic E-state index is 0.706. The highest BCUT2D eigenvalue weighted by Gasteiger charge is 2.32. The molecule has 2 fully saturated rings. The van der Waals surface area contributed by atoms with Gasteiger partial charge in [0.15, 0.2) is 0 Å². The molecule has 0 bridgehead atoms. The number of nitrogens with zero attached hydrogens (tertiary/aromatic N) is 2. The summed E-state index contributed by atoms with van der Waals surface area (Å²) in [6.45, 7) is 12.8. The minimum absolute atomic E-state index is 0.706. The second-order valence-electron chi connectivity index (χ2n) is 8.58. The standard InChI is InChI=1S/C21H42N2O2/c1-18-5-10-22(11-6-18)12-8-20(9-15-24-3)21-17-19(2)7-13-23(21)14-16-25-4/h18-21H,5-17H2,1-4H3/t19-,20?,21?/m1/s1. The van der Waals surface area contributed by atoms with Gasteiger partial charge < -0.3 is 14.4 Å². The Kier molecular flexibility index (Phi) is 9.75. The third-order valence-electron chi connectivity index (χ3n) is 6.53. The topological polar surface area (TPSA) is 24.9 Å². The summed E-state index contributed by atoms with van der Waals surface area (Å²) >= 11 is 0. The Morgan fingerprint density at radius 2 is 1.52 bits per heavy atom. The average molecular weight is 355 g/mol. The first-order chi connectivity index (χ1) is 12.1. The molecule has 0 aromatic carbocycles. The van der Waals surface area contributed by atoms with Gasteiger partial charge in [0.2, 0.25) is 0 Å². The summed E-state index contributed by atoms with van der Waals surface area (Å²) in [5.41, 5.74) is 0. The zero-order valence-electron chi connectivity index (χ0n) is 17.2. The van der Waals surface area contributed by atoms with Gasteiger partial charge in [-0.1, -0.05) is 13.8 Å². The van der Waals surface area contributed by atoms with Crippen molar-refractivity contribution in [1.29, 1.82) is 0 Å². The molecule has 0 aliphatic carbocycles. The van der Waals surface area contributed by atoms with E-state index in [9.17, 15) is 0 Å². The Hall–Kier alpha value is -0.160. The Morgan fingerprint density at radius 3 is 2.20 bits per heavy atom. The van der Waals surface area contributed by atoms with Crippen LogP contribution in [0.5, 0.6) is 0 Å².